The largest absolute Gasteiger partial charge is 0.371 e. The molecule has 3 aliphatic rings. The molecule has 1 aliphatic heterocycles. The number of ketones is 1. The van der Waals surface area contributed by atoms with E-state index in [1.54, 1.807) is 12.1 Å². The van der Waals surface area contributed by atoms with Crippen molar-refractivity contribution in [3.05, 3.63) is 35.6 Å². The zero-order chi connectivity index (χ0) is 19.4. The van der Waals surface area contributed by atoms with Gasteiger partial charge in [0.25, 0.3) is 0 Å². The second kappa shape index (κ2) is 6.36. The lowest BCUT2D eigenvalue weighted by atomic mass is 9.70. The van der Waals surface area contributed by atoms with E-state index < -0.39 is 21.5 Å². The van der Waals surface area contributed by atoms with Crippen LogP contribution >= 0.6 is 0 Å². The molecule has 3 fully saturated rings. The quantitative estimate of drug-likeness (QED) is 0.786. The van der Waals surface area contributed by atoms with Gasteiger partial charge < -0.3 is 4.74 Å². The summed E-state index contributed by atoms with van der Waals surface area (Å²) in [4.78, 5) is 12.7. The van der Waals surface area contributed by atoms with Gasteiger partial charge in [0.1, 0.15) is 11.6 Å². The van der Waals surface area contributed by atoms with Crippen molar-refractivity contribution in [3.8, 4) is 0 Å². The van der Waals surface area contributed by atoms with Crippen LogP contribution in [0, 0.1) is 22.6 Å². The Morgan fingerprint density at radius 2 is 1.96 bits per heavy atom. The Kier molecular flexibility index (Phi) is 4.48. The van der Waals surface area contributed by atoms with Crippen molar-refractivity contribution >= 4 is 15.8 Å². The third kappa shape index (κ3) is 2.95. The smallest absolute Gasteiger partial charge is 0.215 e. The van der Waals surface area contributed by atoms with Crippen molar-refractivity contribution in [2.24, 2.45) is 16.7 Å². The van der Waals surface area contributed by atoms with Gasteiger partial charge in [-0.25, -0.2) is 12.8 Å². The van der Waals surface area contributed by atoms with Crippen LogP contribution in [-0.4, -0.2) is 44.0 Å². The highest BCUT2D eigenvalue weighted by molar-refractivity contribution is 7.89. The molecule has 0 spiro atoms. The van der Waals surface area contributed by atoms with Crippen LogP contribution in [0.1, 0.15) is 44.8 Å². The molecule has 0 amide bonds. The van der Waals surface area contributed by atoms with Gasteiger partial charge in [-0.1, -0.05) is 26.0 Å². The molecule has 1 saturated heterocycles. The summed E-state index contributed by atoms with van der Waals surface area (Å²) in [6, 6.07) is 5.95. The highest BCUT2D eigenvalue weighted by Gasteiger charge is 2.65. The average molecular weight is 395 g/mol. The van der Waals surface area contributed by atoms with E-state index in [0.717, 1.165) is 12.0 Å². The van der Waals surface area contributed by atoms with Crippen LogP contribution in [0.5, 0.6) is 0 Å². The Labute approximate surface area is 159 Å². The van der Waals surface area contributed by atoms with Crippen LogP contribution in [0.15, 0.2) is 24.3 Å². The summed E-state index contributed by atoms with van der Waals surface area (Å²) in [5, 5.41) is 0. The summed E-state index contributed by atoms with van der Waals surface area (Å²) in [7, 11) is -3.61. The normalized spacial score (nSPS) is 33.5. The predicted octanol–water partition coefficient (Wildman–Crippen LogP) is 2.92. The van der Waals surface area contributed by atoms with Gasteiger partial charge in [-0.3, -0.25) is 4.79 Å². The maximum absolute atomic E-state index is 13.2. The monoisotopic (exact) mass is 395 g/mol. The number of hydrogen-bond donors (Lipinski definition) is 0. The summed E-state index contributed by atoms with van der Waals surface area (Å²) >= 11 is 0. The van der Waals surface area contributed by atoms with Gasteiger partial charge in [-0.2, -0.15) is 4.31 Å². The summed E-state index contributed by atoms with van der Waals surface area (Å²) < 4.78 is 46.8. The van der Waals surface area contributed by atoms with Gasteiger partial charge in [0.15, 0.2) is 0 Å². The Hall–Kier alpha value is -1.31. The van der Waals surface area contributed by atoms with Gasteiger partial charge in [0.2, 0.25) is 10.0 Å². The molecule has 2 bridgehead atoms. The van der Waals surface area contributed by atoms with Crippen LogP contribution in [-0.2, 0) is 19.6 Å². The number of ether oxygens (including phenoxy) is 1. The standard InChI is InChI=1S/C20H26FNO4S/c1-19(2)15-7-8-20(19,18(23)11-15)13-27(24,25)22-9-10-26-17(12-22)14-3-5-16(21)6-4-14/h3-6,15,17H,7-13H2,1-2H3/t15-,17+,20+/m0/s1. The molecule has 27 heavy (non-hydrogen) atoms. The Morgan fingerprint density at radius 1 is 1.26 bits per heavy atom. The molecular formula is C20H26FNO4S. The van der Waals surface area contributed by atoms with Crippen LogP contribution in [0.3, 0.4) is 0 Å². The molecule has 4 rings (SSSR count). The second-order valence-electron chi connectivity index (χ2n) is 8.69. The minimum absolute atomic E-state index is 0.107. The Balaban J connectivity index is 1.55. The molecule has 1 aromatic carbocycles. The van der Waals surface area contributed by atoms with Crippen LogP contribution < -0.4 is 0 Å². The lowest BCUT2D eigenvalue weighted by molar-refractivity contribution is -0.128. The number of morpholine rings is 1. The lowest BCUT2D eigenvalue weighted by Crippen LogP contribution is -2.49. The van der Waals surface area contributed by atoms with Crippen molar-refractivity contribution in [2.45, 2.75) is 39.2 Å². The van der Waals surface area contributed by atoms with Gasteiger partial charge in [-0.05, 0) is 41.9 Å². The number of hydrogen-bond acceptors (Lipinski definition) is 4. The third-order valence-electron chi connectivity index (χ3n) is 7.23. The second-order valence-corrected chi connectivity index (χ2v) is 10.7. The average Bonchev–Trinajstić information content (AvgIpc) is 2.96. The number of carbonyl (C=O) groups excluding carboxylic acids is 1. The molecule has 0 aromatic heterocycles. The van der Waals surface area contributed by atoms with Crippen molar-refractivity contribution in [2.75, 3.05) is 25.4 Å². The van der Waals surface area contributed by atoms with E-state index in [2.05, 4.69) is 0 Å². The number of halogens is 1. The number of carbonyl (C=O) groups is 1. The number of rotatable bonds is 4. The fourth-order valence-electron chi connectivity index (χ4n) is 5.27. The molecule has 5 nitrogen and oxygen atoms in total. The Morgan fingerprint density at radius 3 is 2.56 bits per heavy atom. The SMILES string of the molecule is CC1(C)[C@H]2CC[C@@]1(CS(=O)(=O)N1CCO[C@@H](c3ccc(F)cc3)C1)C(=O)C2. The fraction of sp³-hybridized carbons (Fsp3) is 0.650. The van der Waals surface area contributed by atoms with Crippen LogP contribution in [0.4, 0.5) is 4.39 Å². The number of nitrogens with zero attached hydrogens (tertiary/aromatic N) is 1. The summed E-state index contributed by atoms with van der Waals surface area (Å²) in [5.74, 6) is -0.0539. The van der Waals surface area contributed by atoms with Crippen molar-refractivity contribution in [1.29, 1.82) is 0 Å². The first-order chi connectivity index (χ1) is 12.7. The van der Waals surface area contributed by atoms with Gasteiger partial charge in [0.05, 0.1) is 18.5 Å². The molecule has 3 atom stereocenters. The van der Waals surface area contributed by atoms with E-state index in [9.17, 15) is 17.6 Å². The summed E-state index contributed by atoms with van der Waals surface area (Å²) in [6.07, 6.45) is 1.67. The van der Waals surface area contributed by atoms with Crippen LogP contribution in [0.2, 0.25) is 0 Å². The topological polar surface area (TPSA) is 63.7 Å². The molecule has 148 valence electrons. The van der Waals surface area contributed by atoms with Crippen molar-refractivity contribution in [3.63, 3.8) is 0 Å². The first-order valence-electron chi connectivity index (χ1n) is 9.54. The zero-order valence-corrected chi connectivity index (χ0v) is 16.6. The minimum Gasteiger partial charge on any atom is -0.371 e. The third-order valence-corrected chi connectivity index (χ3v) is 9.21. The molecular weight excluding hydrogens is 369 g/mol. The number of Topliss-reactive ketones (excluding diaryl/α,β-unsaturated/α-hetero) is 1. The molecule has 1 aromatic rings. The van der Waals surface area contributed by atoms with Crippen molar-refractivity contribution < 1.29 is 22.3 Å². The summed E-state index contributed by atoms with van der Waals surface area (Å²) in [5.41, 5.74) is -0.285. The van der Waals surface area contributed by atoms with E-state index >= 15 is 0 Å². The summed E-state index contributed by atoms with van der Waals surface area (Å²) in [6.45, 7) is 4.86. The highest BCUT2D eigenvalue weighted by Crippen LogP contribution is 2.64. The van der Waals surface area contributed by atoms with E-state index in [4.69, 9.17) is 4.74 Å². The van der Waals surface area contributed by atoms with Gasteiger partial charge in [0, 0.05) is 24.9 Å². The molecule has 2 saturated carbocycles. The van der Waals surface area contributed by atoms with Crippen molar-refractivity contribution in [1.82, 2.24) is 4.31 Å². The Bertz CT molecular complexity index is 851. The molecule has 7 heteroatoms. The number of benzene rings is 1. The van der Waals surface area contributed by atoms with E-state index in [0.29, 0.717) is 12.8 Å². The number of fused-ring (bicyclic) bond motifs is 2. The first-order valence-corrected chi connectivity index (χ1v) is 11.1. The fourth-order valence-corrected chi connectivity index (χ4v) is 7.47. The minimum atomic E-state index is -3.61. The van der Waals surface area contributed by atoms with E-state index in [-0.39, 0.29) is 48.4 Å². The molecule has 0 radical (unpaired) electrons. The molecule has 1 heterocycles. The van der Waals surface area contributed by atoms with Gasteiger partial charge in [-0.15, -0.1) is 0 Å². The molecule has 0 unspecified atom stereocenters. The zero-order valence-electron chi connectivity index (χ0n) is 15.8. The van der Waals surface area contributed by atoms with Gasteiger partial charge >= 0.3 is 0 Å². The molecule has 0 N–H and O–H groups in total. The highest BCUT2D eigenvalue weighted by atomic mass is 32.2. The predicted molar refractivity (Wildman–Crippen MR) is 99.0 cm³/mol. The maximum Gasteiger partial charge on any atom is 0.215 e. The first kappa shape index (κ1) is 19.0. The maximum atomic E-state index is 13.2. The lowest BCUT2D eigenvalue weighted by Gasteiger charge is -2.39. The van der Waals surface area contributed by atoms with E-state index in [1.807, 2.05) is 13.8 Å². The number of sulfonamides is 1. The van der Waals surface area contributed by atoms with E-state index in [1.165, 1.54) is 16.4 Å². The molecule has 2 aliphatic carbocycles. The van der Waals surface area contributed by atoms with Crippen LogP contribution in [0.25, 0.3) is 0 Å².